The summed E-state index contributed by atoms with van der Waals surface area (Å²) in [6.07, 6.45) is 0. The van der Waals surface area contributed by atoms with Crippen LogP contribution in [0.1, 0.15) is 15.9 Å². The maximum absolute atomic E-state index is 13.3. The third-order valence-corrected chi connectivity index (χ3v) is 3.11. The second-order valence-electron chi connectivity index (χ2n) is 2.90. The number of halogens is 2. The van der Waals surface area contributed by atoms with Crippen LogP contribution in [0, 0.1) is 12.7 Å². The van der Waals surface area contributed by atoms with E-state index in [2.05, 4.69) is 0 Å². The third kappa shape index (κ3) is 2.45. The van der Waals surface area contributed by atoms with Crippen LogP contribution in [0.5, 0.6) is 0 Å². The number of nitrogens with two attached hydrogens (primary N) is 1. The van der Waals surface area contributed by atoms with Gasteiger partial charge in [0.1, 0.15) is 5.82 Å². The zero-order valence-corrected chi connectivity index (χ0v) is 9.19. The minimum atomic E-state index is -4.00. The summed E-state index contributed by atoms with van der Waals surface area (Å²) in [6, 6.07) is 1.84. The van der Waals surface area contributed by atoms with Crippen molar-refractivity contribution in [1.29, 1.82) is 0 Å². The molecule has 0 unspecified atom stereocenters. The van der Waals surface area contributed by atoms with Crippen LogP contribution in [-0.4, -0.2) is 14.3 Å². The molecule has 2 N–H and O–H groups in total. The lowest BCUT2D eigenvalue weighted by Gasteiger charge is -2.04. The Kier molecular flexibility index (Phi) is 3.01. The fourth-order valence-corrected chi connectivity index (χ4v) is 1.90. The number of hydrogen-bond acceptors (Lipinski definition) is 3. The molecule has 0 radical (unpaired) electrons. The SMILES string of the molecule is Cc1cc(S(=O)(=O)Cl)cc(C(N)=O)c1F. The Bertz CT molecular complexity index is 527. The van der Waals surface area contributed by atoms with Crippen LogP contribution in [0.3, 0.4) is 0 Å². The van der Waals surface area contributed by atoms with Crippen molar-refractivity contribution in [3.63, 3.8) is 0 Å². The van der Waals surface area contributed by atoms with Gasteiger partial charge in [-0.25, -0.2) is 12.8 Å². The Balaban J connectivity index is 3.57. The molecule has 15 heavy (non-hydrogen) atoms. The Morgan fingerprint density at radius 1 is 1.47 bits per heavy atom. The summed E-state index contributed by atoms with van der Waals surface area (Å²) in [5.74, 6) is -1.88. The van der Waals surface area contributed by atoms with Crippen LogP contribution < -0.4 is 5.73 Å². The predicted octanol–water partition coefficient (Wildman–Crippen LogP) is 1.16. The van der Waals surface area contributed by atoms with Crippen molar-refractivity contribution in [2.24, 2.45) is 5.73 Å². The number of benzene rings is 1. The van der Waals surface area contributed by atoms with E-state index in [4.69, 9.17) is 16.4 Å². The summed E-state index contributed by atoms with van der Waals surface area (Å²) in [4.78, 5) is 10.4. The highest BCUT2D eigenvalue weighted by Crippen LogP contribution is 2.21. The van der Waals surface area contributed by atoms with Gasteiger partial charge in [-0.1, -0.05) is 0 Å². The minimum Gasteiger partial charge on any atom is -0.366 e. The molecular weight excluding hydrogens is 245 g/mol. The van der Waals surface area contributed by atoms with Gasteiger partial charge < -0.3 is 5.73 Å². The van der Waals surface area contributed by atoms with E-state index in [1.807, 2.05) is 0 Å². The molecular formula is C8H7ClFNO3S. The highest BCUT2D eigenvalue weighted by molar-refractivity contribution is 8.13. The van der Waals surface area contributed by atoms with Gasteiger partial charge in [-0.15, -0.1) is 0 Å². The van der Waals surface area contributed by atoms with Crippen molar-refractivity contribution >= 4 is 25.6 Å². The molecule has 4 nitrogen and oxygen atoms in total. The fraction of sp³-hybridized carbons (Fsp3) is 0.125. The summed E-state index contributed by atoms with van der Waals surface area (Å²) in [6.45, 7) is 1.31. The van der Waals surface area contributed by atoms with Gasteiger partial charge in [0.25, 0.3) is 15.0 Å². The maximum atomic E-state index is 13.3. The predicted molar refractivity (Wildman–Crippen MR) is 52.7 cm³/mol. The molecule has 1 rings (SSSR count). The molecule has 1 aromatic rings. The number of carbonyl (C=O) groups is 1. The van der Waals surface area contributed by atoms with Crippen LogP contribution in [0.4, 0.5) is 4.39 Å². The summed E-state index contributed by atoms with van der Waals surface area (Å²) < 4.78 is 35.2. The van der Waals surface area contributed by atoms with Crippen molar-refractivity contribution in [3.05, 3.63) is 29.1 Å². The lowest BCUT2D eigenvalue weighted by molar-refractivity contribution is 0.0996. The Morgan fingerprint density at radius 2 is 2.00 bits per heavy atom. The largest absolute Gasteiger partial charge is 0.366 e. The van der Waals surface area contributed by atoms with Gasteiger partial charge in [-0.3, -0.25) is 4.79 Å². The summed E-state index contributed by atoms with van der Waals surface area (Å²) in [5, 5.41) is 0. The number of rotatable bonds is 2. The Morgan fingerprint density at radius 3 is 2.40 bits per heavy atom. The molecule has 0 aliphatic carbocycles. The second kappa shape index (κ2) is 3.79. The molecule has 0 fully saturated rings. The molecule has 0 aromatic heterocycles. The number of carbonyl (C=O) groups excluding carboxylic acids is 1. The third-order valence-electron chi connectivity index (χ3n) is 1.78. The van der Waals surface area contributed by atoms with Crippen LogP contribution in [0.25, 0.3) is 0 Å². The van der Waals surface area contributed by atoms with Crippen molar-refractivity contribution < 1.29 is 17.6 Å². The summed E-state index contributed by atoms with van der Waals surface area (Å²) >= 11 is 0. The number of amides is 1. The van der Waals surface area contributed by atoms with E-state index in [1.165, 1.54) is 6.92 Å². The maximum Gasteiger partial charge on any atom is 0.261 e. The topological polar surface area (TPSA) is 77.2 Å². The summed E-state index contributed by atoms with van der Waals surface area (Å²) in [7, 11) is 1.06. The molecule has 0 spiro atoms. The standard InChI is InChI=1S/C8H7ClFNO3S/c1-4-2-5(15(9,13)14)3-6(7(4)10)8(11)12/h2-3H,1H3,(H2,11,12). The van der Waals surface area contributed by atoms with E-state index < -0.39 is 26.3 Å². The van der Waals surface area contributed by atoms with Gasteiger partial charge in [0.05, 0.1) is 10.5 Å². The zero-order valence-electron chi connectivity index (χ0n) is 7.62. The molecule has 0 saturated heterocycles. The average molecular weight is 252 g/mol. The first-order valence-corrected chi connectivity index (χ1v) is 6.09. The molecule has 7 heteroatoms. The van der Waals surface area contributed by atoms with E-state index in [9.17, 15) is 17.6 Å². The van der Waals surface area contributed by atoms with Gasteiger partial charge in [-0.2, -0.15) is 0 Å². The number of primary amides is 1. The number of aryl methyl sites for hydroxylation is 1. The first-order chi connectivity index (χ1) is 6.73. The molecule has 0 saturated carbocycles. The first kappa shape index (κ1) is 11.9. The summed E-state index contributed by atoms with van der Waals surface area (Å²) in [5.41, 5.74) is 4.38. The van der Waals surface area contributed by atoms with E-state index in [0.717, 1.165) is 12.1 Å². The average Bonchev–Trinajstić information content (AvgIpc) is 2.06. The Labute approximate surface area is 90.3 Å². The molecule has 0 bridgehead atoms. The van der Waals surface area contributed by atoms with Crippen LogP contribution in [0.15, 0.2) is 17.0 Å². The van der Waals surface area contributed by atoms with Gasteiger partial charge in [0, 0.05) is 10.7 Å². The van der Waals surface area contributed by atoms with Crippen LogP contribution in [-0.2, 0) is 9.05 Å². The molecule has 82 valence electrons. The first-order valence-electron chi connectivity index (χ1n) is 3.78. The fourth-order valence-electron chi connectivity index (χ4n) is 1.06. The normalized spacial score (nSPS) is 11.4. The highest BCUT2D eigenvalue weighted by Gasteiger charge is 2.18. The van der Waals surface area contributed by atoms with Crippen molar-refractivity contribution in [3.8, 4) is 0 Å². The lowest BCUT2D eigenvalue weighted by Crippen LogP contribution is -2.14. The molecule has 1 aromatic carbocycles. The van der Waals surface area contributed by atoms with Crippen LogP contribution >= 0.6 is 10.7 Å². The highest BCUT2D eigenvalue weighted by atomic mass is 35.7. The van der Waals surface area contributed by atoms with E-state index in [-0.39, 0.29) is 10.5 Å². The smallest absolute Gasteiger partial charge is 0.261 e. The van der Waals surface area contributed by atoms with Gasteiger partial charge >= 0.3 is 0 Å². The zero-order chi connectivity index (χ0) is 11.8. The minimum absolute atomic E-state index is 0.00877. The van der Waals surface area contributed by atoms with Crippen LogP contribution in [0.2, 0.25) is 0 Å². The molecule has 1 amide bonds. The van der Waals surface area contributed by atoms with E-state index >= 15 is 0 Å². The number of hydrogen-bond donors (Lipinski definition) is 1. The van der Waals surface area contributed by atoms with Crippen molar-refractivity contribution in [2.75, 3.05) is 0 Å². The Hall–Kier alpha value is -1.14. The van der Waals surface area contributed by atoms with Gasteiger partial charge in [0.2, 0.25) is 0 Å². The monoisotopic (exact) mass is 251 g/mol. The van der Waals surface area contributed by atoms with Crippen molar-refractivity contribution in [1.82, 2.24) is 0 Å². The van der Waals surface area contributed by atoms with Gasteiger partial charge in [0.15, 0.2) is 0 Å². The van der Waals surface area contributed by atoms with Crippen molar-refractivity contribution in [2.45, 2.75) is 11.8 Å². The van der Waals surface area contributed by atoms with E-state index in [1.54, 1.807) is 0 Å². The molecule has 0 aliphatic heterocycles. The molecule has 0 heterocycles. The molecule has 0 aliphatic rings. The molecule has 0 atom stereocenters. The quantitative estimate of drug-likeness (QED) is 0.802. The van der Waals surface area contributed by atoms with E-state index in [0.29, 0.717) is 0 Å². The second-order valence-corrected chi connectivity index (χ2v) is 5.47. The lowest BCUT2D eigenvalue weighted by atomic mass is 10.1. The van der Waals surface area contributed by atoms with Gasteiger partial charge in [-0.05, 0) is 24.6 Å².